The summed E-state index contributed by atoms with van der Waals surface area (Å²) in [4.78, 5) is 19.1. The van der Waals surface area contributed by atoms with Crippen molar-refractivity contribution >= 4 is 46.2 Å². The van der Waals surface area contributed by atoms with Gasteiger partial charge in [0.05, 0.1) is 14.9 Å². The molecule has 0 saturated heterocycles. The second kappa shape index (κ2) is 4.18. The number of benzene rings is 1. The lowest BCUT2D eigenvalue weighted by atomic mass is 10.2. The van der Waals surface area contributed by atoms with Crippen LogP contribution in [0.3, 0.4) is 0 Å². The fraction of sp³-hybridized carbons (Fsp3) is 0. The molecule has 9 heteroatoms. The van der Waals surface area contributed by atoms with Crippen molar-refractivity contribution in [1.82, 2.24) is 0 Å². The summed E-state index contributed by atoms with van der Waals surface area (Å²) in [7, 11) is 0. The van der Waals surface area contributed by atoms with E-state index in [0.29, 0.717) is 0 Å². The summed E-state index contributed by atoms with van der Waals surface area (Å²) in [5.41, 5.74) is -1.77. The van der Waals surface area contributed by atoms with Crippen LogP contribution in [-0.4, -0.2) is 9.85 Å². The molecule has 0 saturated carbocycles. The minimum Gasteiger partial charge on any atom is -0.258 e. The molecule has 1 aromatic rings. The quantitative estimate of drug-likeness (QED) is 0.468. The van der Waals surface area contributed by atoms with Crippen LogP contribution in [0, 0.1) is 20.2 Å². The van der Waals surface area contributed by atoms with Crippen LogP contribution in [0.15, 0.2) is 6.07 Å². The first-order valence-corrected chi connectivity index (χ1v) is 4.46. The maximum Gasteiger partial charge on any atom is 0.367 e. The Labute approximate surface area is 97.6 Å². The summed E-state index contributed by atoms with van der Waals surface area (Å²) >= 11 is 16.4. The van der Waals surface area contributed by atoms with E-state index in [0.717, 1.165) is 6.07 Å². The number of hydrogen-bond donors (Lipinski definition) is 0. The second-order valence-electron chi connectivity index (χ2n) is 2.37. The Morgan fingerprint density at radius 3 is 1.80 bits per heavy atom. The van der Waals surface area contributed by atoms with Crippen molar-refractivity contribution in [2.24, 2.45) is 0 Å². The third kappa shape index (κ3) is 2.11. The predicted molar refractivity (Wildman–Crippen MR) is 54.8 cm³/mol. The summed E-state index contributed by atoms with van der Waals surface area (Å²) in [6.07, 6.45) is 0. The van der Waals surface area contributed by atoms with Gasteiger partial charge in [-0.1, -0.05) is 34.8 Å². The summed E-state index contributed by atoms with van der Waals surface area (Å²) < 4.78 is 0. The number of nitro groups is 2. The maximum atomic E-state index is 10.6. The first-order valence-electron chi connectivity index (χ1n) is 3.32. The first kappa shape index (κ1) is 12.0. The van der Waals surface area contributed by atoms with Crippen molar-refractivity contribution in [3.8, 4) is 0 Å². The molecule has 0 aliphatic heterocycles. The van der Waals surface area contributed by atoms with Crippen LogP contribution in [0.1, 0.15) is 0 Å². The number of hydrogen-bond acceptors (Lipinski definition) is 4. The third-order valence-electron chi connectivity index (χ3n) is 1.49. The van der Waals surface area contributed by atoms with Gasteiger partial charge in [0.2, 0.25) is 0 Å². The lowest BCUT2D eigenvalue weighted by Gasteiger charge is -2.00. The van der Waals surface area contributed by atoms with Gasteiger partial charge >= 0.3 is 11.4 Å². The summed E-state index contributed by atoms with van der Waals surface area (Å²) in [6.45, 7) is 0. The molecule has 0 aromatic heterocycles. The van der Waals surface area contributed by atoms with Gasteiger partial charge in [0, 0.05) is 0 Å². The molecule has 0 heterocycles. The summed E-state index contributed by atoms with van der Waals surface area (Å²) in [5, 5.41) is 19.9. The van der Waals surface area contributed by atoms with Crippen LogP contribution in [-0.2, 0) is 0 Å². The van der Waals surface area contributed by atoms with E-state index in [1.807, 2.05) is 0 Å². The van der Waals surface area contributed by atoms with Gasteiger partial charge in [-0.3, -0.25) is 20.2 Å². The largest absolute Gasteiger partial charge is 0.367 e. The van der Waals surface area contributed by atoms with Crippen LogP contribution in [0.4, 0.5) is 11.4 Å². The molecule has 0 aliphatic carbocycles. The predicted octanol–water partition coefficient (Wildman–Crippen LogP) is 3.46. The molecule has 1 rings (SSSR count). The van der Waals surface area contributed by atoms with Gasteiger partial charge in [-0.15, -0.1) is 0 Å². The Balaban J connectivity index is 3.69. The van der Waals surface area contributed by atoms with Crippen LogP contribution in [0.25, 0.3) is 0 Å². The van der Waals surface area contributed by atoms with Gasteiger partial charge in [0.1, 0.15) is 10.0 Å². The minimum absolute atomic E-state index is 0.209. The highest BCUT2D eigenvalue weighted by atomic mass is 35.5. The van der Waals surface area contributed by atoms with Gasteiger partial charge in [-0.2, -0.15) is 0 Å². The van der Waals surface area contributed by atoms with Gasteiger partial charge in [-0.05, 0) is 6.07 Å². The number of halogens is 3. The van der Waals surface area contributed by atoms with E-state index in [4.69, 9.17) is 34.8 Å². The number of nitro benzene ring substituents is 2. The third-order valence-corrected chi connectivity index (χ3v) is 2.55. The molecule has 0 bridgehead atoms. The Hall–Kier alpha value is -1.11. The van der Waals surface area contributed by atoms with E-state index in [1.54, 1.807) is 0 Å². The average Bonchev–Trinajstić information content (AvgIpc) is 2.09. The molecule has 15 heavy (non-hydrogen) atoms. The van der Waals surface area contributed by atoms with Crippen LogP contribution < -0.4 is 0 Å². The van der Waals surface area contributed by atoms with Crippen molar-refractivity contribution in [2.75, 3.05) is 0 Å². The van der Waals surface area contributed by atoms with Crippen molar-refractivity contribution in [2.45, 2.75) is 0 Å². The standard InChI is InChI=1S/C6HCl3N2O4/c7-2-1-3(8)5(10(12)13)6(4(2)9)11(14)15/h1H. The van der Waals surface area contributed by atoms with Crippen LogP contribution in [0.5, 0.6) is 0 Å². The fourth-order valence-corrected chi connectivity index (χ4v) is 1.65. The van der Waals surface area contributed by atoms with E-state index >= 15 is 0 Å². The highest BCUT2D eigenvalue weighted by Crippen LogP contribution is 2.43. The molecular formula is C6HCl3N2O4. The Morgan fingerprint density at radius 2 is 1.40 bits per heavy atom. The van der Waals surface area contributed by atoms with E-state index in [2.05, 4.69) is 0 Å². The van der Waals surface area contributed by atoms with Crippen molar-refractivity contribution in [3.63, 3.8) is 0 Å². The monoisotopic (exact) mass is 270 g/mol. The molecule has 0 spiro atoms. The topological polar surface area (TPSA) is 86.3 Å². The van der Waals surface area contributed by atoms with Gasteiger partial charge in [0.15, 0.2) is 0 Å². The highest BCUT2D eigenvalue weighted by Gasteiger charge is 2.33. The number of nitrogens with zero attached hydrogens (tertiary/aromatic N) is 2. The lowest BCUT2D eigenvalue weighted by Crippen LogP contribution is -1.98. The highest BCUT2D eigenvalue weighted by molar-refractivity contribution is 6.45. The Kier molecular flexibility index (Phi) is 3.33. The molecule has 0 radical (unpaired) electrons. The molecule has 0 atom stereocenters. The van der Waals surface area contributed by atoms with Crippen LogP contribution in [0.2, 0.25) is 15.1 Å². The SMILES string of the molecule is O=[N+]([O-])c1c(Cl)cc(Cl)c(Cl)c1[N+](=O)[O-]. The second-order valence-corrected chi connectivity index (χ2v) is 3.56. The van der Waals surface area contributed by atoms with E-state index in [-0.39, 0.29) is 5.02 Å². The molecule has 6 nitrogen and oxygen atoms in total. The normalized spacial score (nSPS) is 10.1. The molecular weight excluding hydrogens is 270 g/mol. The lowest BCUT2D eigenvalue weighted by molar-refractivity contribution is -0.422. The number of rotatable bonds is 2. The molecule has 0 unspecified atom stereocenters. The molecule has 0 fully saturated rings. The first-order chi connectivity index (χ1) is 6.86. The van der Waals surface area contributed by atoms with Crippen molar-refractivity contribution in [3.05, 3.63) is 41.4 Å². The molecule has 80 valence electrons. The molecule has 0 amide bonds. The van der Waals surface area contributed by atoms with Gasteiger partial charge < -0.3 is 0 Å². The zero-order valence-electron chi connectivity index (χ0n) is 6.74. The zero-order chi connectivity index (χ0) is 11.7. The fourth-order valence-electron chi connectivity index (χ4n) is 0.913. The zero-order valence-corrected chi connectivity index (χ0v) is 9.01. The van der Waals surface area contributed by atoms with Gasteiger partial charge in [-0.25, -0.2) is 0 Å². The van der Waals surface area contributed by atoms with E-state index in [9.17, 15) is 20.2 Å². The Morgan fingerprint density at radius 1 is 0.933 bits per heavy atom. The van der Waals surface area contributed by atoms with Gasteiger partial charge in [0.25, 0.3) is 0 Å². The average molecular weight is 271 g/mol. The molecule has 1 aromatic carbocycles. The van der Waals surface area contributed by atoms with Crippen molar-refractivity contribution in [1.29, 1.82) is 0 Å². The minimum atomic E-state index is -1.00. The van der Waals surface area contributed by atoms with E-state index < -0.39 is 31.3 Å². The van der Waals surface area contributed by atoms with E-state index in [1.165, 1.54) is 0 Å². The maximum absolute atomic E-state index is 10.6. The molecule has 0 N–H and O–H groups in total. The van der Waals surface area contributed by atoms with Crippen LogP contribution >= 0.6 is 34.8 Å². The molecule has 0 aliphatic rings. The summed E-state index contributed by atoms with van der Waals surface area (Å²) in [5.74, 6) is 0. The van der Waals surface area contributed by atoms with Crippen molar-refractivity contribution < 1.29 is 9.85 Å². The smallest absolute Gasteiger partial charge is 0.258 e. The summed E-state index contributed by atoms with van der Waals surface area (Å²) in [6, 6.07) is 0.983. The Bertz CT molecular complexity index is 462.